The van der Waals surface area contributed by atoms with Gasteiger partial charge in [-0.25, -0.2) is 4.98 Å². The molecule has 0 saturated heterocycles. The fourth-order valence-corrected chi connectivity index (χ4v) is 0.816. The molecule has 0 aromatic heterocycles. The topological polar surface area (TPSA) is 64.9 Å². The average molecular weight is 135 g/mol. The van der Waals surface area contributed by atoms with E-state index < -0.39 is 0 Å². The first-order valence-corrected chi connectivity index (χ1v) is 2.83. The number of nitrogens with two attached hydrogens (primary N) is 1. The van der Waals surface area contributed by atoms with Gasteiger partial charge in [0.25, 0.3) is 0 Å². The van der Waals surface area contributed by atoms with Crippen molar-refractivity contribution < 1.29 is 4.52 Å². The molecule has 2 N–H and O–H groups in total. The third-order valence-electron chi connectivity index (χ3n) is 1.30. The van der Waals surface area contributed by atoms with E-state index in [0.29, 0.717) is 11.6 Å². The highest BCUT2D eigenvalue weighted by Crippen LogP contribution is 2.24. The van der Waals surface area contributed by atoms with Crippen molar-refractivity contribution in [2.45, 2.75) is 0 Å². The Morgan fingerprint density at radius 1 is 1.50 bits per heavy atom. The molecular formula is C6H5N3O. The van der Waals surface area contributed by atoms with Gasteiger partial charge in [-0.05, 0) is 6.07 Å². The summed E-state index contributed by atoms with van der Waals surface area (Å²) < 4.78 is 4.84. The van der Waals surface area contributed by atoms with Crippen molar-refractivity contribution in [1.82, 2.24) is 10.1 Å². The minimum atomic E-state index is 0.392. The Labute approximate surface area is 57.0 Å². The summed E-state index contributed by atoms with van der Waals surface area (Å²) in [7, 11) is 0. The zero-order valence-electron chi connectivity index (χ0n) is 5.11. The van der Waals surface area contributed by atoms with Gasteiger partial charge < -0.3 is 10.3 Å². The lowest BCUT2D eigenvalue weighted by Gasteiger charge is -1.91. The molecular weight excluding hydrogens is 130 g/mol. The van der Waals surface area contributed by atoms with E-state index in [1.54, 1.807) is 18.5 Å². The fraction of sp³-hybridized carbons (Fsp3) is 0. The van der Waals surface area contributed by atoms with E-state index in [-0.39, 0.29) is 0 Å². The zero-order valence-corrected chi connectivity index (χ0v) is 5.11. The smallest absolute Gasteiger partial charge is 0.208 e. The number of anilines is 1. The molecule has 0 radical (unpaired) electrons. The lowest BCUT2D eigenvalue weighted by atomic mass is 10.3. The summed E-state index contributed by atoms with van der Waals surface area (Å²) in [6.07, 6.45) is 3.21. The fourth-order valence-electron chi connectivity index (χ4n) is 0.816. The molecule has 0 atom stereocenters. The molecule has 0 aromatic rings. The zero-order chi connectivity index (χ0) is 6.97. The van der Waals surface area contributed by atoms with Gasteiger partial charge in [0, 0.05) is 11.8 Å². The predicted molar refractivity (Wildman–Crippen MR) is 35.3 cm³/mol. The van der Waals surface area contributed by atoms with Crippen molar-refractivity contribution in [3.05, 3.63) is 18.5 Å². The Kier molecular flexibility index (Phi) is 0.887. The monoisotopic (exact) mass is 135 g/mol. The van der Waals surface area contributed by atoms with Gasteiger partial charge in [0.1, 0.15) is 0 Å². The van der Waals surface area contributed by atoms with Gasteiger partial charge in [-0.15, -0.1) is 0 Å². The molecule has 2 aliphatic rings. The molecule has 4 heteroatoms. The van der Waals surface area contributed by atoms with Crippen molar-refractivity contribution >= 4 is 5.82 Å². The van der Waals surface area contributed by atoms with E-state index in [2.05, 4.69) is 10.1 Å². The number of hydrogen-bond acceptors (Lipinski definition) is 4. The van der Waals surface area contributed by atoms with Crippen LogP contribution in [-0.2, 0) is 0 Å². The molecule has 2 rings (SSSR count). The van der Waals surface area contributed by atoms with Crippen LogP contribution in [0.1, 0.15) is 0 Å². The summed E-state index contributed by atoms with van der Waals surface area (Å²) >= 11 is 0. The summed E-state index contributed by atoms with van der Waals surface area (Å²) in [4.78, 5) is 3.84. The van der Waals surface area contributed by atoms with Crippen LogP contribution in [-0.4, -0.2) is 10.1 Å². The predicted octanol–water partition coefficient (Wildman–Crippen LogP) is 0.757. The van der Waals surface area contributed by atoms with E-state index >= 15 is 0 Å². The van der Waals surface area contributed by atoms with Gasteiger partial charge in [-0.2, -0.15) is 0 Å². The largest absolute Gasteiger partial charge is 0.380 e. The van der Waals surface area contributed by atoms with E-state index in [4.69, 9.17) is 10.3 Å². The Balaban J connectivity index is 2.78. The molecule has 4 nitrogen and oxygen atoms in total. The van der Waals surface area contributed by atoms with Gasteiger partial charge in [-0.1, -0.05) is 5.16 Å². The first kappa shape index (κ1) is 5.22. The third kappa shape index (κ3) is 0.556. The highest BCUT2D eigenvalue weighted by molar-refractivity contribution is 5.69. The second-order valence-electron chi connectivity index (χ2n) is 1.94. The number of hydrogen-bond donors (Lipinski definition) is 1. The van der Waals surface area contributed by atoms with Gasteiger partial charge in [0.05, 0.1) is 6.20 Å². The Morgan fingerprint density at radius 2 is 2.40 bits per heavy atom. The van der Waals surface area contributed by atoms with Crippen LogP contribution in [0.15, 0.2) is 23.0 Å². The van der Waals surface area contributed by atoms with Crippen molar-refractivity contribution in [2.24, 2.45) is 0 Å². The van der Waals surface area contributed by atoms with Crippen molar-refractivity contribution in [1.29, 1.82) is 0 Å². The Bertz CT molecular complexity index is 317. The number of aromatic nitrogens is 2. The first-order valence-electron chi connectivity index (χ1n) is 2.83. The summed E-state index contributed by atoms with van der Waals surface area (Å²) in [5, 5.41) is 3.55. The van der Waals surface area contributed by atoms with Crippen LogP contribution in [0.3, 0.4) is 0 Å². The van der Waals surface area contributed by atoms with Gasteiger partial charge >= 0.3 is 0 Å². The van der Waals surface area contributed by atoms with Gasteiger partial charge in [-0.3, -0.25) is 0 Å². The van der Waals surface area contributed by atoms with Crippen molar-refractivity contribution in [3.63, 3.8) is 0 Å². The lowest BCUT2D eigenvalue weighted by Crippen LogP contribution is -1.85. The van der Waals surface area contributed by atoms with Crippen LogP contribution >= 0.6 is 0 Å². The normalized spacial score (nSPS) is 10.4. The molecule has 0 bridgehead atoms. The van der Waals surface area contributed by atoms with E-state index in [1.807, 2.05) is 0 Å². The lowest BCUT2D eigenvalue weighted by molar-refractivity contribution is 0.414. The van der Waals surface area contributed by atoms with Crippen LogP contribution in [0.2, 0.25) is 0 Å². The Hall–Kier alpha value is -1.58. The molecule has 0 aromatic carbocycles. The molecule has 0 spiro atoms. The number of rotatable bonds is 0. The molecule has 0 fully saturated rings. The van der Waals surface area contributed by atoms with Crippen LogP contribution in [0.5, 0.6) is 0 Å². The second-order valence-corrected chi connectivity index (χ2v) is 1.94. The van der Waals surface area contributed by atoms with Gasteiger partial charge in [0.15, 0.2) is 5.82 Å². The molecule has 2 heterocycles. The van der Waals surface area contributed by atoms with Crippen LogP contribution in [0, 0.1) is 0 Å². The second kappa shape index (κ2) is 1.70. The number of nitrogen functional groups attached to an aromatic ring is 1. The summed E-state index contributed by atoms with van der Waals surface area (Å²) in [6.45, 7) is 0. The minimum absolute atomic E-state index is 0.392. The standard InChI is InChI=1S/C6H5N3O/c7-6-5-4(3-8-6)1-2-9-10-5/h1-3H,7H2. The van der Waals surface area contributed by atoms with Crippen LogP contribution in [0.4, 0.5) is 5.82 Å². The number of nitrogens with zero attached hydrogens (tertiary/aromatic N) is 2. The summed E-state index contributed by atoms with van der Waals surface area (Å²) in [5.74, 6) is 0.950. The first-order chi connectivity index (χ1) is 4.88. The molecule has 50 valence electrons. The SMILES string of the molecule is Nc1ncc2ccnoc1-2. The molecule has 0 unspecified atom stereocenters. The summed E-state index contributed by atoms with van der Waals surface area (Å²) in [6, 6.07) is 1.79. The van der Waals surface area contributed by atoms with Crippen LogP contribution < -0.4 is 5.73 Å². The quantitative estimate of drug-likeness (QED) is 0.579. The van der Waals surface area contributed by atoms with Crippen molar-refractivity contribution in [2.75, 3.05) is 5.73 Å². The van der Waals surface area contributed by atoms with Crippen LogP contribution in [0.25, 0.3) is 11.3 Å². The van der Waals surface area contributed by atoms with Crippen molar-refractivity contribution in [3.8, 4) is 11.3 Å². The molecule has 10 heavy (non-hydrogen) atoms. The maximum absolute atomic E-state index is 5.43. The highest BCUT2D eigenvalue weighted by Gasteiger charge is 2.09. The average Bonchev–Trinajstić information content (AvgIpc) is 2.34. The molecule has 2 aliphatic heterocycles. The maximum Gasteiger partial charge on any atom is 0.208 e. The molecule has 0 aliphatic carbocycles. The molecule has 0 amide bonds. The third-order valence-corrected chi connectivity index (χ3v) is 1.30. The molecule has 0 saturated carbocycles. The number of fused-ring (bicyclic) bond motifs is 1. The maximum atomic E-state index is 5.43. The van der Waals surface area contributed by atoms with E-state index in [0.717, 1.165) is 5.56 Å². The van der Waals surface area contributed by atoms with E-state index in [1.165, 1.54) is 0 Å². The van der Waals surface area contributed by atoms with Gasteiger partial charge in [0.2, 0.25) is 5.76 Å². The summed E-state index contributed by atoms with van der Waals surface area (Å²) in [5.41, 5.74) is 6.31. The highest BCUT2D eigenvalue weighted by atomic mass is 16.5. The Morgan fingerprint density at radius 3 is 3.20 bits per heavy atom. The minimum Gasteiger partial charge on any atom is -0.380 e. The van der Waals surface area contributed by atoms with E-state index in [9.17, 15) is 0 Å².